The smallest absolute Gasteiger partial charge is 0.304 e. The Kier molecular flexibility index (Phi) is 6.97. The second kappa shape index (κ2) is 7.10. The fourth-order valence-corrected chi connectivity index (χ4v) is 1.93. The summed E-state index contributed by atoms with van der Waals surface area (Å²) >= 11 is 0. The number of hydrogen-bond donors (Lipinski definition) is 0. The highest BCUT2D eigenvalue weighted by molar-refractivity contribution is 7.58. The van der Waals surface area contributed by atoms with Gasteiger partial charge in [-0.05, 0) is 12.8 Å². The molecular formula is C8H15F2O3P. The minimum atomic E-state index is -4.02. The maximum absolute atomic E-state index is 12.8. The maximum Gasteiger partial charge on any atom is 0.391 e. The molecule has 0 aromatic carbocycles. The standard InChI is InChI=1S/C8H15F2O3P/c1-3-5-12-14(11,8(10)7-9)13-6-4-2/h7H,3-6H2,1-2H3/b8-7+. The van der Waals surface area contributed by atoms with E-state index in [2.05, 4.69) is 9.05 Å². The Bertz CT molecular complexity index is 219. The van der Waals surface area contributed by atoms with Crippen molar-refractivity contribution in [3.63, 3.8) is 0 Å². The predicted molar refractivity (Wildman–Crippen MR) is 50.4 cm³/mol. The number of hydrogen-bond acceptors (Lipinski definition) is 3. The molecule has 0 aliphatic carbocycles. The lowest BCUT2D eigenvalue weighted by Crippen LogP contribution is -1.98. The Labute approximate surface area is 82.6 Å². The summed E-state index contributed by atoms with van der Waals surface area (Å²) in [4.78, 5) is 0. The Morgan fingerprint density at radius 2 is 1.71 bits per heavy atom. The van der Waals surface area contributed by atoms with Crippen LogP contribution in [-0.4, -0.2) is 13.2 Å². The fourth-order valence-electron chi connectivity index (χ4n) is 0.643. The zero-order valence-corrected chi connectivity index (χ0v) is 9.23. The molecule has 0 amide bonds. The van der Waals surface area contributed by atoms with Gasteiger partial charge in [0.15, 0.2) is 0 Å². The summed E-state index contributed by atoms with van der Waals surface area (Å²) in [5, 5.41) is 0. The van der Waals surface area contributed by atoms with E-state index in [1.54, 1.807) is 13.8 Å². The van der Waals surface area contributed by atoms with E-state index in [-0.39, 0.29) is 19.5 Å². The zero-order valence-electron chi connectivity index (χ0n) is 8.33. The molecule has 84 valence electrons. The van der Waals surface area contributed by atoms with Gasteiger partial charge in [-0.15, -0.1) is 0 Å². The van der Waals surface area contributed by atoms with E-state index in [9.17, 15) is 13.3 Å². The molecule has 0 bridgehead atoms. The highest BCUT2D eigenvalue weighted by atomic mass is 31.2. The average Bonchev–Trinajstić information content (AvgIpc) is 2.22. The van der Waals surface area contributed by atoms with Crippen molar-refractivity contribution in [2.45, 2.75) is 26.7 Å². The normalized spacial score (nSPS) is 13.3. The van der Waals surface area contributed by atoms with E-state index in [0.717, 1.165) is 0 Å². The van der Waals surface area contributed by atoms with Gasteiger partial charge in [-0.25, -0.2) is 4.39 Å². The number of rotatable bonds is 7. The van der Waals surface area contributed by atoms with Crippen LogP contribution >= 0.6 is 7.60 Å². The minimum absolute atomic E-state index is 0.0717. The van der Waals surface area contributed by atoms with Crippen LogP contribution in [0.4, 0.5) is 8.78 Å². The van der Waals surface area contributed by atoms with E-state index < -0.39 is 13.2 Å². The van der Waals surface area contributed by atoms with Crippen molar-refractivity contribution in [1.29, 1.82) is 0 Å². The van der Waals surface area contributed by atoms with Gasteiger partial charge in [-0.1, -0.05) is 13.8 Å². The van der Waals surface area contributed by atoms with Gasteiger partial charge in [0, 0.05) is 0 Å². The van der Waals surface area contributed by atoms with Crippen LogP contribution in [0.25, 0.3) is 0 Å². The Morgan fingerprint density at radius 3 is 2.00 bits per heavy atom. The molecule has 0 aliphatic heterocycles. The van der Waals surface area contributed by atoms with Gasteiger partial charge in [0.25, 0.3) is 0 Å². The molecule has 0 aromatic rings. The lowest BCUT2D eigenvalue weighted by molar-refractivity contribution is 0.204. The first kappa shape index (κ1) is 13.8. The van der Waals surface area contributed by atoms with Crippen LogP contribution in [0.1, 0.15) is 26.7 Å². The summed E-state index contributed by atoms with van der Waals surface area (Å²) in [7, 11) is -4.02. The first-order chi connectivity index (χ1) is 6.60. The van der Waals surface area contributed by atoms with Gasteiger partial charge in [-0.2, -0.15) is 4.39 Å². The zero-order chi connectivity index (χ0) is 11.0. The monoisotopic (exact) mass is 228 g/mol. The molecule has 0 spiro atoms. The van der Waals surface area contributed by atoms with Crippen molar-refractivity contribution in [3.8, 4) is 0 Å². The predicted octanol–water partition coefficient (Wildman–Crippen LogP) is 3.77. The molecule has 0 aliphatic rings. The molecule has 0 atom stereocenters. The molecule has 3 nitrogen and oxygen atoms in total. The molecular weight excluding hydrogens is 213 g/mol. The van der Waals surface area contributed by atoms with Crippen LogP contribution in [0.5, 0.6) is 0 Å². The van der Waals surface area contributed by atoms with Crippen molar-refractivity contribution in [2.75, 3.05) is 13.2 Å². The van der Waals surface area contributed by atoms with Crippen LogP contribution in [0.3, 0.4) is 0 Å². The van der Waals surface area contributed by atoms with E-state index in [1.807, 2.05) is 0 Å². The maximum atomic E-state index is 12.8. The molecule has 6 heteroatoms. The highest BCUT2D eigenvalue weighted by Crippen LogP contribution is 2.56. The van der Waals surface area contributed by atoms with Crippen LogP contribution in [-0.2, 0) is 13.6 Å². The van der Waals surface area contributed by atoms with E-state index in [1.165, 1.54) is 0 Å². The van der Waals surface area contributed by atoms with E-state index in [0.29, 0.717) is 12.8 Å². The SMILES string of the molecule is CCCOP(=O)(OCCC)/C(F)=C/F. The summed E-state index contributed by atoms with van der Waals surface area (Å²) in [6.07, 6.45) is 0.726. The Morgan fingerprint density at radius 1 is 1.29 bits per heavy atom. The second-order valence-electron chi connectivity index (χ2n) is 2.60. The fraction of sp³-hybridized carbons (Fsp3) is 0.750. The van der Waals surface area contributed by atoms with Gasteiger partial charge in [0.1, 0.15) is 6.33 Å². The lowest BCUT2D eigenvalue weighted by atomic mass is 10.5. The van der Waals surface area contributed by atoms with E-state index >= 15 is 0 Å². The molecule has 0 fully saturated rings. The topological polar surface area (TPSA) is 35.5 Å². The van der Waals surface area contributed by atoms with Gasteiger partial charge in [0.05, 0.1) is 13.2 Å². The van der Waals surface area contributed by atoms with Crippen molar-refractivity contribution < 1.29 is 22.4 Å². The Hall–Kier alpha value is -0.250. The lowest BCUT2D eigenvalue weighted by Gasteiger charge is -2.15. The third-order valence-electron chi connectivity index (χ3n) is 1.28. The molecule has 14 heavy (non-hydrogen) atoms. The second-order valence-corrected chi connectivity index (χ2v) is 4.53. The van der Waals surface area contributed by atoms with Crippen molar-refractivity contribution in [1.82, 2.24) is 0 Å². The largest absolute Gasteiger partial charge is 0.391 e. The number of halogens is 2. The summed E-state index contributed by atoms with van der Waals surface area (Å²) < 4.78 is 45.6. The van der Waals surface area contributed by atoms with Crippen LogP contribution < -0.4 is 0 Å². The molecule has 0 N–H and O–H groups in total. The van der Waals surface area contributed by atoms with Crippen molar-refractivity contribution >= 4 is 7.60 Å². The van der Waals surface area contributed by atoms with Crippen LogP contribution in [0.15, 0.2) is 11.9 Å². The quantitative estimate of drug-likeness (QED) is 0.622. The third-order valence-corrected chi connectivity index (χ3v) is 2.95. The third kappa shape index (κ3) is 4.31. The molecule has 0 rings (SSSR count). The van der Waals surface area contributed by atoms with Gasteiger partial charge < -0.3 is 9.05 Å². The van der Waals surface area contributed by atoms with Crippen molar-refractivity contribution in [2.24, 2.45) is 0 Å². The van der Waals surface area contributed by atoms with Gasteiger partial charge in [0.2, 0.25) is 5.57 Å². The molecule has 0 heterocycles. The van der Waals surface area contributed by atoms with Crippen molar-refractivity contribution in [3.05, 3.63) is 11.9 Å². The van der Waals surface area contributed by atoms with Gasteiger partial charge in [-0.3, -0.25) is 4.57 Å². The first-order valence-corrected chi connectivity index (χ1v) is 6.00. The molecule has 0 aromatic heterocycles. The first-order valence-electron chi connectivity index (χ1n) is 4.46. The Balaban J connectivity index is 4.42. The molecule has 0 saturated carbocycles. The van der Waals surface area contributed by atoms with E-state index in [4.69, 9.17) is 0 Å². The molecule has 0 saturated heterocycles. The summed E-state index contributed by atoms with van der Waals surface area (Å²) in [6, 6.07) is 0. The average molecular weight is 228 g/mol. The summed E-state index contributed by atoms with van der Waals surface area (Å²) in [5.74, 6) is 0. The highest BCUT2D eigenvalue weighted by Gasteiger charge is 2.31. The van der Waals surface area contributed by atoms with Gasteiger partial charge >= 0.3 is 7.60 Å². The summed E-state index contributed by atoms with van der Waals surface area (Å²) in [5.41, 5.74) is -1.47. The minimum Gasteiger partial charge on any atom is -0.304 e. The molecule has 0 radical (unpaired) electrons. The molecule has 0 unspecified atom stereocenters. The van der Waals surface area contributed by atoms with Crippen LogP contribution in [0.2, 0.25) is 0 Å². The summed E-state index contributed by atoms with van der Waals surface area (Å²) in [6.45, 7) is 3.67. The van der Waals surface area contributed by atoms with Crippen LogP contribution in [0, 0.1) is 0 Å².